The number of nitrogens with zero attached hydrogens (tertiary/aromatic N) is 1. The van der Waals surface area contributed by atoms with Crippen molar-refractivity contribution < 1.29 is 9.18 Å². The molecule has 0 aliphatic rings. The van der Waals surface area contributed by atoms with Gasteiger partial charge in [-0.3, -0.25) is 4.79 Å². The molecule has 3 heteroatoms. The lowest BCUT2D eigenvalue weighted by Gasteiger charge is -2.06. The molecule has 0 bridgehead atoms. The molecular weight excluding hydrogens is 337 g/mol. The average Bonchev–Trinajstić information content (AvgIpc) is 3.06. The van der Waals surface area contributed by atoms with Gasteiger partial charge in [0.2, 0.25) is 0 Å². The van der Waals surface area contributed by atoms with Gasteiger partial charge in [0.1, 0.15) is 0 Å². The number of rotatable bonds is 6. The van der Waals surface area contributed by atoms with Gasteiger partial charge in [-0.15, -0.1) is 0 Å². The molecule has 0 saturated carbocycles. The van der Waals surface area contributed by atoms with Crippen LogP contribution < -0.4 is 0 Å². The first-order valence-corrected chi connectivity index (χ1v) is 9.39. The van der Waals surface area contributed by atoms with Gasteiger partial charge in [-0.25, -0.2) is 4.39 Å². The van der Waals surface area contributed by atoms with Gasteiger partial charge in [-0.05, 0) is 36.6 Å². The summed E-state index contributed by atoms with van der Waals surface area (Å²) < 4.78 is 15.2. The molecule has 0 spiro atoms. The molecular formula is C24H22FNO. The van der Waals surface area contributed by atoms with Crippen molar-refractivity contribution in [2.45, 2.75) is 32.5 Å². The van der Waals surface area contributed by atoms with Crippen LogP contribution in [0.1, 0.15) is 35.7 Å². The molecule has 3 aromatic carbocycles. The van der Waals surface area contributed by atoms with Gasteiger partial charge in [0.15, 0.2) is 5.78 Å². The SMILES string of the molecule is C[C@@H](F)CCCn1cc(C(=O)c2cccc3ccccc23)c2ccccc21. The van der Waals surface area contributed by atoms with E-state index in [4.69, 9.17) is 0 Å². The quantitative estimate of drug-likeness (QED) is 0.378. The molecule has 0 amide bonds. The first-order valence-electron chi connectivity index (χ1n) is 9.39. The van der Waals surface area contributed by atoms with Crippen LogP contribution in [0, 0.1) is 0 Å². The molecule has 0 aliphatic carbocycles. The number of hydrogen-bond acceptors (Lipinski definition) is 1. The van der Waals surface area contributed by atoms with Gasteiger partial charge >= 0.3 is 0 Å². The van der Waals surface area contributed by atoms with E-state index in [1.54, 1.807) is 6.92 Å². The zero-order valence-electron chi connectivity index (χ0n) is 15.4. The third-order valence-corrected chi connectivity index (χ3v) is 5.07. The highest BCUT2D eigenvalue weighted by molar-refractivity contribution is 6.21. The lowest BCUT2D eigenvalue weighted by molar-refractivity contribution is 0.104. The standard InChI is InChI=1S/C24H22FNO/c1-17(25)8-7-15-26-16-22(20-12-4-5-14-23(20)26)24(27)21-13-6-10-18-9-2-3-11-19(18)21/h2-6,9-14,16-17H,7-8,15H2,1H3/t17-/m1/s1. The number of benzene rings is 3. The summed E-state index contributed by atoms with van der Waals surface area (Å²) in [7, 11) is 0. The van der Waals surface area contributed by atoms with Crippen molar-refractivity contribution in [3.63, 3.8) is 0 Å². The van der Waals surface area contributed by atoms with E-state index in [1.807, 2.05) is 72.9 Å². The summed E-state index contributed by atoms with van der Waals surface area (Å²) in [5.74, 6) is 0.0283. The van der Waals surface area contributed by atoms with E-state index in [0.717, 1.165) is 28.1 Å². The van der Waals surface area contributed by atoms with Crippen LogP contribution in [0.4, 0.5) is 4.39 Å². The number of alkyl halides is 1. The Bertz CT molecular complexity index is 1100. The van der Waals surface area contributed by atoms with Crippen LogP contribution in [0.15, 0.2) is 72.9 Å². The van der Waals surface area contributed by atoms with Crippen molar-refractivity contribution >= 4 is 27.5 Å². The minimum absolute atomic E-state index is 0.0283. The molecule has 1 heterocycles. The number of hydrogen-bond donors (Lipinski definition) is 0. The second-order valence-electron chi connectivity index (χ2n) is 7.03. The molecule has 2 nitrogen and oxygen atoms in total. The third-order valence-electron chi connectivity index (χ3n) is 5.07. The summed E-state index contributed by atoms with van der Waals surface area (Å²) in [4.78, 5) is 13.4. The lowest BCUT2D eigenvalue weighted by atomic mass is 9.97. The molecule has 0 N–H and O–H groups in total. The van der Waals surface area contributed by atoms with Crippen molar-refractivity contribution in [1.82, 2.24) is 4.57 Å². The molecule has 1 atom stereocenters. The summed E-state index contributed by atoms with van der Waals surface area (Å²) in [6.45, 7) is 2.29. The summed E-state index contributed by atoms with van der Waals surface area (Å²) in [6.07, 6.45) is 2.40. The fourth-order valence-corrected chi connectivity index (χ4v) is 3.72. The number of carbonyl (C=O) groups excluding carboxylic acids is 1. The minimum Gasteiger partial charge on any atom is -0.347 e. The Hall–Kier alpha value is -2.94. The van der Waals surface area contributed by atoms with Crippen molar-refractivity contribution in [2.24, 2.45) is 0 Å². The van der Waals surface area contributed by atoms with E-state index in [1.165, 1.54) is 0 Å². The van der Waals surface area contributed by atoms with E-state index >= 15 is 0 Å². The molecule has 0 unspecified atom stereocenters. The Kier molecular flexibility index (Phi) is 4.76. The molecule has 136 valence electrons. The van der Waals surface area contributed by atoms with E-state index in [2.05, 4.69) is 4.57 Å². The van der Waals surface area contributed by atoms with Crippen molar-refractivity contribution in [1.29, 1.82) is 0 Å². The predicted molar refractivity (Wildman–Crippen MR) is 109 cm³/mol. The Morgan fingerprint density at radius 3 is 2.44 bits per heavy atom. The molecule has 4 aromatic rings. The van der Waals surface area contributed by atoms with Gasteiger partial charge in [-0.2, -0.15) is 0 Å². The second kappa shape index (κ2) is 7.36. The normalized spacial score (nSPS) is 12.5. The Morgan fingerprint density at radius 2 is 1.63 bits per heavy atom. The largest absolute Gasteiger partial charge is 0.347 e. The number of para-hydroxylation sites is 1. The topological polar surface area (TPSA) is 22.0 Å². The van der Waals surface area contributed by atoms with Crippen LogP contribution >= 0.6 is 0 Å². The van der Waals surface area contributed by atoms with E-state index in [9.17, 15) is 9.18 Å². The summed E-state index contributed by atoms with van der Waals surface area (Å²) in [5, 5.41) is 2.97. The van der Waals surface area contributed by atoms with Crippen LogP contribution in [-0.4, -0.2) is 16.5 Å². The third kappa shape index (κ3) is 3.37. The summed E-state index contributed by atoms with van der Waals surface area (Å²) in [5.41, 5.74) is 2.44. The Labute approximate surface area is 158 Å². The van der Waals surface area contributed by atoms with Crippen LogP contribution in [0.3, 0.4) is 0 Å². The summed E-state index contributed by atoms with van der Waals surface area (Å²) >= 11 is 0. The number of aromatic nitrogens is 1. The maximum absolute atomic E-state index is 13.4. The second-order valence-corrected chi connectivity index (χ2v) is 7.03. The molecule has 1 aromatic heterocycles. The maximum Gasteiger partial charge on any atom is 0.195 e. The highest BCUT2D eigenvalue weighted by Gasteiger charge is 2.18. The smallest absolute Gasteiger partial charge is 0.195 e. The van der Waals surface area contributed by atoms with Gasteiger partial charge in [0, 0.05) is 34.8 Å². The number of aryl methyl sites for hydroxylation is 1. The van der Waals surface area contributed by atoms with Crippen LogP contribution in [0.2, 0.25) is 0 Å². The van der Waals surface area contributed by atoms with E-state index in [0.29, 0.717) is 24.1 Å². The first kappa shape index (κ1) is 17.5. The molecule has 4 rings (SSSR count). The molecule has 0 radical (unpaired) electrons. The zero-order valence-corrected chi connectivity index (χ0v) is 15.4. The molecule has 0 fully saturated rings. The Balaban J connectivity index is 1.78. The van der Waals surface area contributed by atoms with Crippen LogP contribution in [0.5, 0.6) is 0 Å². The molecule has 27 heavy (non-hydrogen) atoms. The zero-order chi connectivity index (χ0) is 18.8. The number of ketones is 1. The van der Waals surface area contributed by atoms with Gasteiger partial charge in [-0.1, -0.05) is 60.7 Å². The number of halogens is 1. The Morgan fingerprint density at radius 1 is 0.926 bits per heavy atom. The first-order chi connectivity index (χ1) is 13.1. The highest BCUT2D eigenvalue weighted by Crippen LogP contribution is 2.27. The average molecular weight is 359 g/mol. The highest BCUT2D eigenvalue weighted by atomic mass is 19.1. The van der Waals surface area contributed by atoms with Crippen molar-refractivity contribution in [3.8, 4) is 0 Å². The number of carbonyl (C=O) groups is 1. The minimum atomic E-state index is -0.802. The molecule has 0 aliphatic heterocycles. The van der Waals surface area contributed by atoms with Gasteiger partial charge in [0.25, 0.3) is 0 Å². The van der Waals surface area contributed by atoms with Crippen molar-refractivity contribution in [3.05, 3.63) is 84.1 Å². The monoisotopic (exact) mass is 359 g/mol. The van der Waals surface area contributed by atoms with Gasteiger partial charge in [0.05, 0.1) is 6.17 Å². The summed E-state index contributed by atoms with van der Waals surface area (Å²) in [6, 6.07) is 21.7. The molecule has 0 saturated heterocycles. The number of fused-ring (bicyclic) bond motifs is 2. The lowest BCUT2D eigenvalue weighted by Crippen LogP contribution is -2.02. The van der Waals surface area contributed by atoms with E-state index in [-0.39, 0.29) is 5.78 Å². The van der Waals surface area contributed by atoms with Crippen LogP contribution in [0.25, 0.3) is 21.7 Å². The predicted octanol–water partition coefficient (Wildman–Crippen LogP) is 6.16. The van der Waals surface area contributed by atoms with Gasteiger partial charge < -0.3 is 4.57 Å². The maximum atomic E-state index is 13.4. The fraction of sp³-hybridized carbons (Fsp3) is 0.208. The van der Waals surface area contributed by atoms with Crippen molar-refractivity contribution in [2.75, 3.05) is 0 Å². The van der Waals surface area contributed by atoms with E-state index < -0.39 is 6.17 Å². The fourth-order valence-electron chi connectivity index (χ4n) is 3.72. The van der Waals surface area contributed by atoms with Crippen LogP contribution in [-0.2, 0) is 6.54 Å².